The molecule has 2 aromatic rings. The number of alkyl halides is 3. The Morgan fingerprint density at radius 1 is 0.865 bits per heavy atom. The standard InChI is InChI=1S/C30H38F4O3/c1-3-5-18-36-27-17-15-25(29(31)28(27)30(32,33)34)23-12-16-26(37-19-23)22-8-6-20(7-9-22)21-10-13-24(14-11-21)35-4-2/h6-9,15,17,21,23-24,26H,3-5,10-14,16,18-19H2,1-2H3. The molecule has 2 unspecified atom stereocenters. The lowest BCUT2D eigenvalue weighted by Crippen LogP contribution is -2.22. The number of ether oxygens (including phenoxy) is 3. The molecule has 1 saturated carbocycles. The molecule has 0 N–H and O–H groups in total. The monoisotopic (exact) mass is 522 g/mol. The summed E-state index contributed by atoms with van der Waals surface area (Å²) in [7, 11) is 0. The molecule has 2 fully saturated rings. The maximum atomic E-state index is 15.2. The molecule has 3 nitrogen and oxygen atoms in total. The average Bonchev–Trinajstić information content (AvgIpc) is 2.89. The smallest absolute Gasteiger partial charge is 0.422 e. The molecule has 0 bridgehead atoms. The lowest BCUT2D eigenvalue weighted by Gasteiger charge is -2.31. The van der Waals surface area contributed by atoms with Gasteiger partial charge in [0.15, 0.2) is 0 Å². The molecule has 0 amide bonds. The third-order valence-electron chi connectivity index (χ3n) is 7.74. The minimum absolute atomic E-state index is 0.0478. The van der Waals surface area contributed by atoms with Crippen molar-refractivity contribution in [3.63, 3.8) is 0 Å². The quantitative estimate of drug-likeness (QED) is 0.243. The van der Waals surface area contributed by atoms with E-state index in [1.807, 2.05) is 13.8 Å². The minimum Gasteiger partial charge on any atom is -0.493 e. The van der Waals surface area contributed by atoms with Crippen LogP contribution < -0.4 is 4.74 Å². The summed E-state index contributed by atoms with van der Waals surface area (Å²) in [6.45, 7) is 5.02. The molecule has 0 aromatic heterocycles. The summed E-state index contributed by atoms with van der Waals surface area (Å²) in [6.07, 6.45) is 2.40. The highest BCUT2D eigenvalue weighted by molar-refractivity contribution is 5.42. The topological polar surface area (TPSA) is 27.7 Å². The van der Waals surface area contributed by atoms with Gasteiger partial charge in [0, 0.05) is 12.5 Å². The molecule has 4 rings (SSSR count). The number of unbranched alkanes of at least 4 members (excludes halogenated alkanes) is 1. The van der Waals surface area contributed by atoms with Crippen molar-refractivity contribution in [2.24, 2.45) is 0 Å². The summed E-state index contributed by atoms with van der Waals surface area (Å²) in [5.41, 5.74) is 1.12. The average molecular weight is 523 g/mol. The molecule has 1 aliphatic carbocycles. The predicted molar refractivity (Wildman–Crippen MR) is 136 cm³/mol. The number of rotatable bonds is 9. The highest BCUT2D eigenvalue weighted by Crippen LogP contribution is 2.44. The van der Waals surface area contributed by atoms with Crippen LogP contribution in [0.5, 0.6) is 5.75 Å². The van der Waals surface area contributed by atoms with Gasteiger partial charge in [0.05, 0.1) is 25.4 Å². The maximum Gasteiger partial charge on any atom is 0.422 e. The van der Waals surface area contributed by atoms with Crippen LogP contribution in [0.3, 0.4) is 0 Å². The first-order valence-corrected chi connectivity index (χ1v) is 13.7. The molecular formula is C30H38F4O3. The molecular weight excluding hydrogens is 484 g/mol. The molecule has 0 radical (unpaired) electrons. The van der Waals surface area contributed by atoms with E-state index < -0.39 is 29.2 Å². The van der Waals surface area contributed by atoms with Crippen LogP contribution in [0, 0.1) is 5.82 Å². The van der Waals surface area contributed by atoms with Crippen LogP contribution in [0.2, 0.25) is 0 Å². The molecule has 204 valence electrons. The Labute approximate surface area is 217 Å². The van der Waals surface area contributed by atoms with E-state index in [0.29, 0.717) is 31.3 Å². The summed E-state index contributed by atoms with van der Waals surface area (Å²) in [6, 6.07) is 11.2. The van der Waals surface area contributed by atoms with Gasteiger partial charge >= 0.3 is 6.18 Å². The van der Waals surface area contributed by atoms with Gasteiger partial charge in [-0.2, -0.15) is 13.2 Å². The fraction of sp³-hybridized carbons (Fsp3) is 0.600. The summed E-state index contributed by atoms with van der Waals surface area (Å²) in [4.78, 5) is 0. The maximum absolute atomic E-state index is 15.2. The van der Waals surface area contributed by atoms with E-state index in [0.717, 1.165) is 44.3 Å². The van der Waals surface area contributed by atoms with Crippen molar-refractivity contribution in [2.45, 2.75) is 95.4 Å². The zero-order chi connectivity index (χ0) is 26.4. The van der Waals surface area contributed by atoms with Gasteiger partial charge in [-0.15, -0.1) is 0 Å². The highest BCUT2D eigenvalue weighted by atomic mass is 19.4. The van der Waals surface area contributed by atoms with E-state index in [4.69, 9.17) is 14.2 Å². The van der Waals surface area contributed by atoms with Gasteiger partial charge in [-0.05, 0) is 80.5 Å². The van der Waals surface area contributed by atoms with Crippen LogP contribution in [0.4, 0.5) is 17.6 Å². The first-order chi connectivity index (χ1) is 17.8. The van der Waals surface area contributed by atoms with Crippen molar-refractivity contribution in [2.75, 3.05) is 19.8 Å². The van der Waals surface area contributed by atoms with Gasteiger partial charge in [-0.3, -0.25) is 0 Å². The van der Waals surface area contributed by atoms with E-state index in [1.54, 1.807) is 0 Å². The van der Waals surface area contributed by atoms with Gasteiger partial charge in [-0.25, -0.2) is 4.39 Å². The second kappa shape index (κ2) is 12.6. The van der Waals surface area contributed by atoms with E-state index in [9.17, 15) is 13.2 Å². The van der Waals surface area contributed by atoms with Crippen LogP contribution >= 0.6 is 0 Å². The SMILES string of the molecule is CCCCOc1ccc(C2CCC(c3ccc(C4CCC(OCC)CC4)cc3)OC2)c(F)c1C(F)(F)F. The Hall–Kier alpha value is -2.12. The van der Waals surface area contributed by atoms with Crippen LogP contribution in [-0.4, -0.2) is 25.9 Å². The van der Waals surface area contributed by atoms with Gasteiger partial charge in [-0.1, -0.05) is 43.7 Å². The van der Waals surface area contributed by atoms with Crippen LogP contribution in [0.25, 0.3) is 0 Å². The Morgan fingerprint density at radius 3 is 2.14 bits per heavy atom. The fourth-order valence-electron chi connectivity index (χ4n) is 5.64. The summed E-state index contributed by atoms with van der Waals surface area (Å²) < 4.78 is 73.4. The van der Waals surface area contributed by atoms with E-state index >= 15 is 4.39 Å². The van der Waals surface area contributed by atoms with Crippen molar-refractivity contribution in [1.82, 2.24) is 0 Å². The first-order valence-electron chi connectivity index (χ1n) is 13.7. The molecule has 37 heavy (non-hydrogen) atoms. The van der Waals surface area contributed by atoms with Crippen molar-refractivity contribution in [3.8, 4) is 5.75 Å². The largest absolute Gasteiger partial charge is 0.493 e. The molecule has 1 saturated heterocycles. The van der Waals surface area contributed by atoms with Gasteiger partial charge in [0.1, 0.15) is 17.1 Å². The Balaban J connectivity index is 1.38. The Bertz CT molecular complexity index is 989. The number of halogens is 4. The molecule has 0 spiro atoms. The summed E-state index contributed by atoms with van der Waals surface area (Å²) in [5.74, 6) is -1.57. The van der Waals surface area contributed by atoms with Crippen molar-refractivity contribution in [1.29, 1.82) is 0 Å². The van der Waals surface area contributed by atoms with E-state index in [1.165, 1.54) is 17.7 Å². The normalized spacial score (nSPS) is 24.7. The van der Waals surface area contributed by atoms with E-state index in [-0.39, 0.29) is 24.9 Å². The fourth-order valence-corrected chi connectivity index (χ4v) is 5.64. The van der Waals surface area contributed by atoms with Gasteiger partial charge in [0.2, 0.25) is 0 Å². The molecule has 1 aliphatic heterocycles. The number of hydrogen-bond donors (Lipinski definition) is 0. The van der Waals surface area contributed by atoms with Crippen LogP contribution in [-0.2, 0) is 15.7 Å². The highest BCUT2D eigenvalue weighted by Gasteiger charge is 2.40. The molecule has 2 aliphatic rings. The Morgan fingerprint density at radius 2 is 1.54 bits per heavy atom. The van der Waals surface area contributed by atoms with E-state index in [2.05, 4.69) is 24.3 Å². The lowest BCUT2D eigenvalue weighted by molar-refractivity contribution is -0.141. The number of hydrogen-bond acceptors (Lipinski definition) is 3. The second-order valence-corrected chi connectivity index (χ2v) is 10.2. The minimum atomic E-state index is -4.83. The lowest BCUT2D eigenvalue weighted by atomic mass is 9.82. The first kappa shape index (κ1) is 27.9. The molecule has 1 heterocycles. The zero-order valence-corrected chi connectivity index (χ0v) is 21.8. The second-order valence-electron chi connectivity index (χ2n) is 10.2. The van der Waals surface area contributed by atoms with Crippen molar-refractivity contribution in [3.05, 3.63) is 64.5 Å². The third kappa shape index (κ3) is 6.85. The molecule has 2 aromatic carbocycles. The van der Waals surface area contributed by atoms with Crippen molar-refractivity contribution < 1.29 is 31.8 Å². The molecule has 2 atom stereocenters. The Kier molecular flexibility index (Phi) is 9.51. The number of benzene rings is 2. The summed E-state index contributed by atoms with van der Waals surface area (Å²) in [5, 5.41) is 0. The van der Waals surface area contributed by atoms with Crippen LogP contribution in [0.1, 0.15) is 105 Å². The van der Waals surface area contributed by atoms with Gasteiger partial charge < -0.3 is 14.2 Å². The van der Waals surface area contributed by atoms with Crippen LogP contribution in [0.15, 0.2) is 36.4 Å². The third-order valence-corrected chi connectivity index (χ3v) is 7.74. The zero-order valence-electron chi connectivity index (χ0n) is 21.8. The summed E-state index contributed by atoms with van der Waals surface area (Å²) >= 11 is 0. The molecule has 7 heteroatoms. The predicted octanol–water partition coefficient (Wildman–Crippen LogP) is 8.72. The van der Waals surface area contributed by atoms with Gasteiger partial charge in [0.25, 0.3) is 0 Å². The van der Waals surface area contributed by atoms with Crippen molar-refractivity contribution >= 4 is 0 Å².